The second-order valence-corrected chi connectivity index (χ2v) is 8.34. The van der Waals surface area contributed by atoms with Gasteiger partial charge in [0.25, 0.3) is 15.9 Å². The minimum absolute atomic E-state index is 0.0673. The number of ether oxygens (including phenoxy) is 2. The number of benzene rings is 3. The molecule has 0 aliphatic carbocycles. The second-order valence-electron chi connectivity index (χ2n) is 6.66. The standard InChI is InChI=1S/C22H20N2O5S/c25-22(23-17-5-2-1-3-6-17)16-7-9-18(10-8-16)24-30(26,27)19-11-12-20-21(15-19)29-14-4-13-28-20/h1-3,5-12,15,24H,4,13-14H2,(H,23,25). The van der Waals surface area contributed by atoms with Gasteiger partial charge >= 0.3 is 0 Å². The predicted molar refractivity (Wildman–Crippen MR) is 114 cm³/mol. The largest absolute Gasteiger partial charge is 0.490 e. The van der Waals surface area contributed by atoms with Crippen LogP contribution in [0.4, 0.5) is 11.4 Å². The summed E-state index contributed by atoms with van der Waals surface area (Å²) in [4.78, 5) is 12.4. The van der Waals surface area contributed by atoms with Gasteiger partial charge in [-0.3, -0.25) is 9.52 Å². The van der Waals surface area contributed by atoms with Crippen molar-refractivity contribution < 1.29 is 22.7 Å². The van der Waals surface area contributed by atoms with E-state index < -0.39 is 10.0 Å². The molecule has 0 unspecified atom stereocenters. The number of fused-ring (bicyclic) bond motifs is 1. The zero-order chi connectivity index (χ0) is 21.0. The zero-order valence-electron chi connectivity index (χ0n) is 16.0. The van der Waals surface area contributed by atoms with Crippen molar-refractivity contribution in [1.29, 1.82) is 0 Å². The van der Waals surface area contributed by atoms with Crippen molar-refractivity contribution in [2.24, 2.45) is 0 Å². The molecule has 0 saturated heterocycles. The molecule has 3 aromatic rings. The molecule has 30 heavy (non-hydrogen) atoms. The van der Waals surface area contributed by atoms with Crippen LogP contribution in [0.5, 0.6) is 11.5 Å². The Bertz CT molecular complexity index is 1150. The summed E-state index contributed by atoms with van der Waals surface area (Å²) in [5, 5.41) is 2.78. The summed E-state index contributed by atoms with van der Waals surface area (Å²) in [5.74, 6) is 0.655. The third-order valence-corrected chi connectivity index (χ3v) is 5.84. The summed E-state index contributed by atoms with van der Waals surface area (Å²) in [7, 11) is -3.83. The first-order chi connectivity index (χ1) is 14.5. The van der Waals surface area contributed by atoms with Crippen LogP contribution in [-0.2, 0) is 10.0 Å². The highest BCUT2D eigenvalue weighted by atomic mass is 32.2. The van der Waals surface area contributed by atoms with Gasteiger partial charge in [0.15, 0.2) is 11.5 Å². The highest BCUT2D eigenvalue weighted by molar-refractivity contribution is 7.92. The average Bonchev–Trinajstić information content (AvgIpc) is 2.99. The lowest BCUT2D eigenvalue weighted by Crippen LogP contribution is -2.14. The Morgan fingerprint density at radius 3 is 2.23 bits per heavy atom. The van der Waals surface area contributed by atoms with Crippen molar-refractivity contribution >= 4 is 27.3 Å². The van der Waals surface area contributed by atoms with Gasteiger partial charge in [-0.25, -0.2) is 8.42 Å². The molecule has 1 aliphatic heterocycles. The van der Waals surface area contributed by atoms with Crippen LogP contribution < -0.4 is 19.5 Å². The number of sulfonamides is 1. The molecule has 0 aromatic heterocycles. The summed E-state index contributed by atoms with van der Waals surface area (Å²) in [6.07, 6.45) is 0.735. The summed E-state index contributed by atoms with van der Waals surface area (Å²) >= 11 is 0. The molecule has 0 atom stereocenters. The molecule has 1 amide bonds. The summed E-state index contributed by atoms with van der Waals surface area (Å²) in [6, 6.07) is 19.8. The first-order valence-electron chi connectivity index (χ1n) is 9.40. The van der Waals surface area contributed by atoms with E-state index in [0.717, 1.165) is 6.42 Å². The smallest absolute Gasteiger partial charge is 0.262 e. The number of amides is 1. The van der Waals surface area contributed by atoms with E-state index in [1.54, 1.807) is 42.5 Å². The maximum Gasteiger partial charge on any atom is 0.262 e. The van der Waals surface area contributed by atoms with E-state index in [9.17, 15) is 13.2 Å². The van der Waals surface area contributed by atoms with Crippen molar-refractivity contribution in [1.82, 2.24) is 0 Å². The van der Waals surface area contributed by atoms with Gasteiger partial charge in [-0.1, -0.05) is 18.2 Å². The quantitative estimate of drug-likeness (QED) is 0.648. The fourth-order valence-electron chi connectivity index (χ4n) is 2.94. The average molecular weight is 424 g/mol. The molecule has 4 rings (SSSR count). The molecule has 154 valence electrons. The first-order valence-corrected chi connectivity index (χ1v) is 10.9. The summed E-state index contributed by atoms with van der Waals surface area (Å²) in [6.45, 7) is 0.998. The Morgan fingerprint density at radius 1 is 0.800 bits per heavy atom. The van der Waals surface area contributed by atoms with Gasteiger partial charge in [0.05, 0.1) is 18.1 Å². The lowest BCUT2D eigenvalue weighted by molar-refractivity contribution is 0.102. The normalized spacial score (nSPS) is 13.2. The number of anilines is 2. The Hall–Kier alpha value is -3.52. The van der Waals surface area contributed by atoms with Gasteiger partial charge in [-0.05, 0) is 48.5 Å². The number of carbonyl (C=O) groups excluding carboxylic acids is 1. The molecule has 0 fully saturated rings. The molecule has 8 heteroatoms. The highest BCUT2D eigenvalue weighted by Crippen LogP contribution is 2.32. The SMILES string of the molecule is O=C(Nc1ccccc1)c1ccc(NS(=O)(=O)c2ccc3c(c2)OCCCO3)cc1. The minimum atomic E-state index is -3.83. The molecule has 1 aliphatic rings. The maximum atomic E-state index is 12.7. The van der Waals surface area contributed by atoms with Gasteiger partial charge in [0.2, 0.25) is 0 Å². The number of nitrogens with one attached hydrogen (secondary N) is 2. The third-order valence-electron chi connectivity index (χ3n) is 4.46. The van der Waals surface area contributed by atoms with E-state index in [4.69, 9.17) is 9.47 Å². The van der Waals surface area contributed by atoms with E-state index in [1.807, 2.05) is 18.2 Å². The van der Waals surface area contributed by atoms with Gasteiger partial charge in [0, 0.05) is 29.4 Å². The number of carbonyl (C=O) groups is 1. The van der Waals surface area contributed by atoms with Gasteiger partial charge < -0.3 is 14.8 Å². The highest BCUT2D eigenvalue weighted by Gasteiger charge is 2.19. The Labute approximate surface area is 174 Å². The van der Waals surface area contributed by atoms with Crippen LogP contribution in [0.1, 0.15) is 16.8 Å². The summed E-state index contributed by atoms with van der Waals surface area (Å²) < 4.78 is 39.1. The van der Waals surface area contributed by atoms with Gasteiger partial charge in [0.1, 0.15) is 0 Å². The molecule has 2 N–H and O–H groups in total. The van der Waals surface area contributed by atoms with Crippen LogP contribution in [0.15, 0.2) is 77.7 Å². The molecule has 1 heterocycles. The monoisotopic (exact) mass is 424 g/mol. The zero-order valence-corrected chi connectivity index (χ0v) is 16.8. The second kappa shape index (κ2) is 8.46. The minimum Gasteiger partial charge on any atom is -0.490 e. The Morgan fingerprint density at radius 2 is 1.50 bits per heavy atom. The number of hydrogen-bond donors (Lipinski definition) is 2. The van der Waals surface area contributed by atoms with Crippen molar-refractivity contribution in [3.8, 4) is 11.5 Å². The van der Waals surface area contributed by atoms with Crippen LogP contribution >= 0.6 is 0 Å². The Kier molecular flexibility index (Phi) is 5.58. The molecular weight excluding hydrogens is 404 g/mol. The van der Waals surface area contributed by atoms with Crippen LogP contribution in [0.3, 0.4) is 0 Å². The predicted octanol–water partition coefficient (Wildman–Crippen LogP) is 3.90. The van der Waals surface area contributed by atoms with Crippen molar-refractivity contribution in [2.45, 2.75) is 11.3 Å². The first kappa shape index (κ1) is 19.8. The van der Waals surface area contributed by atoms with E-state index >= 15 is 0 Å². The topological polar surface area (TPSA) is 93.7 Å². The van der Waals surface area contributed by atoms with Gasteiger partial charge in [-0.15, -0.1) is 0 Å². The van der Waals surface area contributed by atoms with E-state index in [1.165, 1.54) is 12.1 Å². The van der Waals surface area contributed by atoms with E-state index in [-0.39, 0.29) is 10.8 Å². The van der Waals surface area contributed by atoms with Crippen molar-refractivity contribution in [2.75, 3.05) is 23.3 Å². The molecule has 0 spiro atoms. The molecule has 0 bridgehead atoms. The van der Waals surface area contributed by atoms with Crippen molar-refractivity contribution in [3.05, 3.63) is 78.4 Å². The Balaban J connectivity index is 1.47. The van der Waals surface area contributed by atoms with Gasteiger partial charge in [-0.2, -0.15) is 0 Å². The van der Waals surface area contributed by atoms with Crippen LogP contribution in [0.2, 0.25) is 0 Å². The molecule has 7 nitrogen and oxygen atoms in total. The number of rotatable bonds is 5. The van der Waals surface area contributed by atoms with E-state index in [0.29, 0.717) is 41.7 Å². The lowest BCUT2D eigenvalue weighted by Gasteiger charge is -2.12. The molecular formula is C22H20N2O5S. The fourth-order valence-corrected chi connectivity index (χ4v) is 4.01. The summed E-state index contributed by atoms with van der Waals surface area (Å²) in [5.41, 5.74) is 1.44. The van der Waals surface area contributed by atoms with E-state index in [2.05, 4.69) is 10.0 Å². The maximum absolute atomic E-state index is 12.7. The van der Waals surface area contributed by atoms with Crippen molar-refractivity contribution in [3.63, 3.8) is 0 Å². The van der Waals surface area contributed by atoms with Crippen LogP contribution in [0, 0.1) is 0 Å². The van der Waals surface area contributed by atoms with Crippen LogP contribution in [0.25, 0.3) is 0 Å². The number of para-hydroxylation sites is 1. The molecule has 0 saturated carbocycles. The lowest BCUT2D eigenvalue weighted by atomic mass is 10.2. The van der Waals surface area contributed by atoms with Crippen LogP contribution in [-0.4, -0.2) is 27.5 Å². The molecule has 0 radical (unpaired) electrons. The third kappa shape index (κ3) is 4.55. The fraction of sp³-hybridized carbons (Fsp3) is 0.136. The number of hydrogen-bond acceptors (Lipinski definition) is 5. The molecule has 3 aromatic carbocycles.